The number of anilines is 1. The third-order valence-corrected chi connectivity index (χ3v) is 2.37. The van der Waals surface area contributed by atoms with E-state index in [9.17, 15) is 0 Å². The van der Waals surface area contributed by atoms with Crippen molar-refractivity contribution in [3.8, 4) is 5.88 Å². The van der Waals surface area contributed by atoms with Gasteiger partial charge >= 0.3 is 0 Å². The van der Waals surface area contributed by atoms with E-state index in [1.54, 1.807) is 13.2 Å². The largest absolute Gasteiger partial charge is 0.481 e. The number of aryl methyl sites for hydroxylation is 1. The Kier molecular flexibility index (Phi) is 3.85. The van der Waals surface area contributed by atoms with E-state index in [0.29, 0.717) is 18.2 Å². The van der Waals surface area contributed by atoms with E-state index in [2.05, 4.69) is 9.97 Å². The first kappa shape index (κ1) is 11.7. The van der Waals surface area contributed by atoms with E-state index in [1.165, 1.54) is 0 Å². The molecule has 0 aromatic carbocycles. The molecule has 1 atom stereocenters. The Hall–Kier alpha value is -1.36. The molecule has 0 amide bonds. The Morgan fingerprint density at radius 3 is 2.73 bits per heavy atom. The van der Waals surface area contributed by atoms with Gasteiger partial charge in [0, 0.05) is 25.7 Å². The predicted octanol–water partition coefficient (Wildman–Crippen LogP) is 0.577. The van der Waals surface area contributed by atoms with Gasteiger partial charge in [0.1, 0.15) is 11.6 Å². The quantitative estimate of drug-likeness (QED) is 0.787. The molecule has 0 spiro atoms. The summed E-state index contributed by atoms with van der Waals surface area (Å²) in [7, 11) is 3.55. The SMILES string of the molecule is COc1cc(N(C)C(C)CN)nc(C)n1. The van der Waals surface area contributed by atoms with Crippen molar-refractivity contribution in [1.82, 2.24) is 9.97 Å². The summed E-state index contributed by atoms with van der Waals surface area (Å²) in [6, 6.07) is 2.04. The van der Waals surface area contributed by atoms with Crippen molar-refractivity contribution in [3.05, 3.63) is 11.9 Å². The molecule has 0 aliphatic rings. The van der Waals surface area contributed by atoms with Crippen LogP contribution in [0.5, 0.6) is 5.88 Å². The van der Waals surface area contributed by atoms with Gasteiger partial charge in [-0.1, -0.05) is 0 Å². The third-order valence-electron chi connectivity index (χ3n) is 2.37. The van der Waals surface area contributed by atoms with Gasteiger partial charge in [-0.3, -0.25) is 0 Å². The van der Waals surface area contributed by atoms with Crippen molar-refractivity contribution in [3.63, 3.8) is 0 Å². The van der Waals surface area contributed by atoms with Gasteiger partial charge in [0.25, 0.3) is 0 Å². The topological polar surface area (TPSA) is 64.3 Å². The van der Waals surface area contributed by atoms with E-state index < -0.39 is 0 Å². The Bertz CT molecular complexity index is 329. The van der Waals surface area contributed by atoms with Crippen LogP contribution < -0.4 is 15.4 Å². The fourth-order valence-electron chi connectivity index (χ4n) is 1.19. The second-order valence-corrected chi connectivity index (χ2v) is 3.51. The molecule has 0 saturated carbocycles. The maximum atomic E-state index is 5.60. The number of rotatable bonds is 4. The lowest BCUT2D eigenvalue weighted by Gasteiger charge is -2.24. The second kappa shape index (κ2) is 4.93. The van der Waals surface area contributed by atoms with Gasteiger partial charge in [0.15, 0.2) is 0 Å². The molecule has 0 aliphatic heterocycles. The molecule has 1 aromatic rings. The lowest BCUT2D eigenvalue weighted by molar-refractivity contribution is 0.395. The smallest absolute Gasteiger partial charge is 0.218 e. The first-order chi connectivity index (χ1) is 7.08. The monoisotopic (exact) mass is 210 g/mol. The van der Waals surface area contributed by atoms with Crippen molar-refractivity contribution in [2.45, 2.75) is 19.9 Å². The average molecular weight is 210 g/mol. The number of aromatic nitrogens is 2. The normalized spacial score (nSPS) is 12.3. The molecule has 15 heavy (non-hydrogen) atoms. The predicted molar refractivity (Wildman–Crippen MR) is 60.2 cm³/mol. The molecule has 1 heterocycles. The molecule has 5 nitrogen and oxygen atoms in total. The van der Waals surface area contributed by atoms with Gasteiger partial charge in [-0.05, 0) is 13.8 Å². The minimum atomic E-state index is 0.240. The van der Waals surface area contributed by atoms with E-state index in [1.807, 2.05) is 25.8 Å². The van der Waals surface area contributed by atoms with Crippen LogP contribution in [0.15, 0.2) is 6.07 Å². The minimum absolute atomic E-state index is 0.240. The number of nitrogens with zero attached hydrogens (tertiary/aromatic N) is 3. The fraction of sp³-hybridized carbons (Fsp3) is 0.600. The van der Waals surface area contributed by atoms with Gasteiger partial charge in [-0.15, -0.1) is 0 Å². The van der Waals surface area contributed by atoms with Crippen LogP contribution >= 0.6 is 0 Å². The summed E-state index contributed by atoms with van der Waals surface area (Å²) in [4.78, 5) is 10.5. The zero-order valence-electron chi connectivity index (χ0n) is 9.69. The van der Waals surface area contributed by atoms with Gasteiger partial charge in [0.2, 0.25) is 5.88 Å². The first-order valence-corrected chi connectivity index (χ1v) is 4.91. The number of likely N-dealkylation sites (N-methyl/N-ethyl adjacent to an activating group) is 1. The Morgan fingerprint density at radius 1 is 1.53 bits per heavy atom. The van der Waals surface area contributed by atoms with Crippen molar-refractivity contribution in [2.75, 3.05) is 25.6 Å². The van der Waals surface area contributed by atoms with E-state index in [4.69, 9.17) is 10.5 Å². The zero-order valence-corrected chi connectivity index (χ0v) is 9.69. The number of nitrogens with two attached hydrogens (primary N) is 1. The van der Waals surface area contributed by atoms with Crippen molar-refractivity contribution < 1.29 is 4.74 Å². The molecule has 0 bridgehead atoms. The zero-order chi connectivity index (χ0) is 11.4. The summed E-state index contributed by atoms with van der Waals surface area (Å²) in [6.45, 7) is 4.47. The first-order valence-electron chi connectivity index (χ1n) is 4.91. The number of hydrogen-bond donors (Lipinski definition) is 1. The lowest BCUT2D eigenvalue weighted by atomic mass is 10.3. The molecule has 0 aliphatic carbocycles. The summed E-state index contributed by atoms with van der Waals surface area (Å²) in [5, 5.41) is 0. The lowest BCUT2D eigenvalue weighted by Crippen LogP contribution is -2.35. The fourth-order valence-corrected chi connectivity index (χ4v) is 1.19. The highest BCUT2D eigenvalue weighted by atomic mass is 16.5. The standard InChI is InChI=1S/C10H18N4O/c1-7(6-11)14(3)9-5-10(15-4)13-8(2)12-9/h5,7H,6,11H2,1-4H3. The summed E-state index contributed by atoms with van der Waals surface area (Å²) in [5.41, 5.74) is 5.60. The summed E-state index contributed by atoms with van der Waals surface area (Å²) in [5.74, 6) is 2.10. The van der Waals surface area contributed by atoms with E-state index in [0.717, 1.165) is 5.82 Å². The average Bonchev–Trinajstić information content (AvgIpc) is 2.26. The summed E-state index contributed by atoms with van der Waals surface area (Å²) in [6.07, 6.45) is 0. The van der Waals surface area contributed by atoms with Gasteiger partial charge < -0.3 is 15.4 Å². The van der Waals surface area contributed by atoms with Crippen LogP contribution in [0, 0.1) is 6.92 Å². The van der Waals surface area contributed by atoms with E-state index in [-0.39, 0.29) is 6.04 Å². The van der Waals surface area contributed by atoms with Gasteiger partial charge in [0.05, 0.1) is 7.11 Å². The highest BCUT2D eigenvalue weighted by Crippen LogP contribution is 2.17. The van der Waals surface area contributed by atoms with Crippen LogP contribution in [0.25, 0.3) is 0 Å². The molecule has 1 aromatic heterocycles. The highest BCUT2D eigenvalue weighted by Gasteiger charge is 2.11. The van der Waals surface area contributed by atoms with Crippen LogP contribution in [0.2, 0.25) is 0 Å². The molecular weight excluding hydrogens is 192 g/mol. The number of ether oxygens (including phenoxy) is 1. The highest BCUT2D eigenvalue weighted by molar-refractivity contribution is 5.41. The van der Waals surface area contributed by atoms with Crippen LogP contribution in [-0.2, 0) is 0 Å². The molecule has 2 N–H and O–H groups in total. The molecule has 1 unspecified atom stereocenters. The maximum Gasteiger partial charge on any atom is 0.218 e. The van der Waals surface area contributed by atoms with Crippen LogP contribution in [-0.4, -0.2) is 36.7 Å². The molecular formula is C10H18N4O. The number of hydrogen-bond acceptors (Lipinski definition) is 5. The van der Waals surface area contributed by atoms with Crippen LogP contribution in [0.3, 0.4) is 0 Å². The molecule has 84 valence electrons. The van der Waals surface area contributed by atoms with Crippen molar-refractivity contribution >= 4 is 5.82 Å². The maximum absolute atomic E-state index is 5.60. The van der Waals surface area contributed by atoms with Crippen LogP contribution in [0.4, 0.5) is 5.82 Å². The van der Waals surface area contributed by atoms with Gasteiger partial charge in [-0.25, -0.2) is 4.98 Å². The second-order valence-electron chi connectivity index (χ2n) is 3.51. The third kappa shape index (κ3) is 2.79. The van der Waals surface area contributed by atoms with E-state index >= 15 is 0 Å². The number of methoxy groups -OCH3 is 1. The van der Waals surface area contributed by atoms with Gasteiger partial charge in [-0.2, -0.15) is 4.98 Å². The molecule has 0 saturated heterocycles. The minimum Gasteiger partial charge on any atom is -0.481 e. The summed E-state index contributed by atoms with van der Waals surface area (Å²) >= 11 is 0. The van der Waals surface area contributed by atoms with Crippen molar-refractivity contribution in [2.24, 2.45) is 5.73 Å². The van der Waals surface area contributed by atoms with Crippen molar-refractivity contribution in [1.29, 1.82) is 0 Å². The summed E-state index contributed by atoms with van der Waals surface area (Å²) < 4.78 is 5.09. The molecule has 1 rings (SSSR count). The Labute approximate surface area is 90.3 Å². The Morgan fingerprint density at radius 2 is 2.20 bits per heavy atom. The molecule has 0 radical (unpaired) electrons. The Balaban J connectivity index is 2.97. The molecule has 5 heteroatoms. The van der Waals surface area contributed by atoms with Crippen LogP contribution in [0.1, 0.15) is 12.7 Å². The molecule has 0 fully saturated rings.